The SMILES string of the molecule is Cc1nnnn1-c1cccc(NC(=O)CCC2CCNCC2)c1.Cl. The highest BCUT2D eigenvalue weighted by Crippen LogP contribution is 2.19. The molecule has 1 amide bonds. The largest absolute Gasteiger partial charge is 0.326 e. The van der Waals surface area contributed by atoms with Crippen LogP contribution in [0.4, 0.5) is 5.69 Å². The number of benzene rings is 1. The van der Waals surface area contributed by atoms with Gasteiger partial charge in [0.25, 0.3) is 0 Å². The second-order valence-corrected chi connectivity index (χ2v) is 5.97. The Bertz CT molecular complexity index is 668. The van der Waals surface area contributed by atoms with E-state index in [4.69, 9.17) is 0 Å². The monoisotopic (exact) mass is 350 g/mol. The molecule has 0 radical (unpaired) electrons. The van der Waals surface area contributed by atoms with Crippen molar-refractivity contribution in [3.8, 4) is 5.69 Å². The Kier molecular flexibility index (Phi) is 6.69. The van der Waals surface area contributed by atoms with Gasteiger partial charge in [-0.15, -0.1) is 17.5 Å². The van der Waals surface area contributed by atoms with E-state index in [0.717, 1.165) is 30.9 Å². The van der Waals surface area contributed by atoms with Crippen molar-refractivity contribution in [1.82, 2.24) is 25.5 Å². The van der Waals surface area contributed by atoms with Crippen LogP contribution in [0.15, 0.2) is 24.3 Å². The van der Waals surface area contributed by atoms with E-state index in [1.54, 1.807) is 4.68 Å². The van der Waals surface area contributed by atoms with Gasteiger partial charge in [-0.3, -0.25) is 4.79 Å². The van der Waals surface area contributed by atoms with Crippen molar-refractivity contribution in [2.75, 3.05) is 18.4 Å². The second kappa shape index (κ2) is 8.75. The zero-order chi connectivity index (χ0) is 16.1. The highest BCUT2D eigenvalue weighted by molar-refractivity contribution is 5.90. The fraction of sp³-hybridized carbons (Fsp3) is 0.500. The summed E-state index contributed by atoms with van der Waals surface area (Å²) in [6.07, 6.45) is 3.86. The molecule has 24 heavy (non-hydrogen) atoms. The molecule has 0 atom stereocenters. The molecule has 1 fully saturated rings. The molecular weight excluding hydrogens is 328 g/mol. The first kappa shape index (κ1) is 18.4. The predicted molar refractivity (Wildman–Crippen MR) is 94.6 cm³/mol. The lowest BCUT2D eigenvalue weighted by molar-refractivity contribution is -0.116. The minimum absolute atomic E-state index is 0. The molecule has 3 rings (SSSR count). The first-order valence-electron chi connectivity index (χ1n) is 8.08. The van der Waals surface area contributed by atoms with E-state index < -0.39 is 0 Å². The first-order valence-corrected chi connectivity index (χ1v) is 8.08. The minimum Gasteiger partial charge on any atom is -0.326 e. The Morgan fingerprint density at radius 2 is 2.17 bits per heavy atom. The van der Waals surface area contributed by atoms with Crippen LogP contribution in [0.25, 0.3) is 5.69 Å². The fourth-order valence-corrected chi connectivity index (χ4v) is 2.91. The number of anilines is 1. The van der Waals surface area contributed by atoms with Gasteiger partial charge in [0.15, 0.2) is 5.82 Å². The van der Waals surface area contributed by atoms with Crippen LogP contribution in [0.3, 0.4) is 0 Å². The Morgan fingerprint density at radius 3 is 2.88 bits per heavy atom. The van der Waals surface area contributed by atoms with Crippen LogP contribution >= 0.6 is 12.4 Å². The molecule has 0 unspecified atom stereocenters. The van der Waals surface area contributed by atoms with Gasteiger partial charge < -0.3 is 10.6 Å². The quantitative estimate of drug-likeness (QED) is 0.862. The van der Waals surface area contributed by atoms with Gasteiger partial charge in [0, 0.05) is 12.1 Å². The predicted octanol–water partition coefficient (Wildman–Crippen LogP) is 2.11. The van der Waals surface area contributed by atoms with Gasteiger partial charge in [0.2, 0.25) is 5.91 Å². The first-order chi connectivity index (χ1) is 11.2. The van der Waals surface area contributed by atoms with Crippen LogP contribution in [0.2, 0.25) is 0 Å². The molecule has 1 aliphatic heterocycles. The van der Waals surface area contributed by atoms with E-state index in [-0.39, 0.29) is 18.3 Å². The van der Waals surface area contributed by atoms with Crippen LogP contribution in [-0.2, 0) is 4.79 Å². The molecule has 1 saturated heterocycles. The number of amides is 1. The summed E-state index contributed by atoms with van der Waals surface area (Å²) in [5.74, 6) is 1.44. The van der Waals surface area contributed by atoms with Crippen LogP contribution < -0.4 is 10.6 Å². The number of rotatable bonds is 5. The Balaban J connectivity index is 0.00000208. The van der Waals surface area contributed by atoms with Crippen LogP contribution in [0.5, 0.6) is 0 Å². The van der Waals surface area contributed by atoms with Gasteiger partial charge in [0.05, 0.1) is 5.69 Å². The number of nitrogens with zero attached hydrogens (tertiary/aromatic N) is 4. The minimum atomic E-state index is 0. The average molecular weight is 351 g/mol. The molecule has 1 aromatic carbocycles. The fourth-order valence-electron chi connectivity index (χ4n) is 2.91. The van der Waals surface area contributed by atoms with Gasteiger partial charge in [-0.05, 0) is 73.8 Å². The summed E-state index contributed by atoms with van der Waals surface area (Å²) < 4.78 is 1.64. The van der Waals surface area contributed by atoms with Crippen molar-refractivity contribution >= 4 is 24.0 Å². The Hall–Kier alpha value is -1.99. The van der Waals surface area contributed by atoms with Crippen molar-refractivity contribution < 1.29 is 4.79 Å². The Labute approximate surface area is 147 Å². The summed E-state index contributed by atoms with van der Waals surface area (Å²) in [7, 11) is 0. The second-order valence-electron chi connectivity index (χ2n) is 5.97. The van der Waals surface area contributed by atoms with Gasteiger partial charge in [0.1, 0.15) is 0 Å². The third-order valence-corrected chi connectivity index (χ3v) is 4.24. The number of aromatic nitrogens is 4. The van der Waals surface area contributed by atoms with Gasteiger partial charge in [-0.1, -0.05) is 6.07 Å². The number of hydrogen-bond acceptors (Lipinski definition) is 5. The van der Waals surface area contributed by atoms with E-state index in [1.165, 1.54) is 12.8 Å². The van der Waals surface area contributed by atoms with E-state index in [0.29, 0.717) is 18.2 Å². The molecule has 1 aliphatic rings. The van der Waals surface area contributed by atoms with Crippen LogP contribution in [0.1, 0.15) is 31.5 Å². The number of halogens is 1. The van der Waals surface area contributed by atoms with Crippen molar-refractivity contribution in [1.29, 1.82) is 0 Å². The summed E-state index contributed by atoms with van der Waals surface area (Å²) in [6, 6.07) is 7.56. The van der Waals surface area contributed by atoms with Crippen LogP contribution in [-0.4, -0.2) is 39.2 Å². The average Bonchev–Trinajstić information content (AvgIpc) is 3.00. The van der Waals surface area contributed by atoms with Gasteiger partial charge in [-0.2, -0.15) is 4.68 Å². The molecule has 0 aliphatic carbocycles. The summed E-state index contributed by atoms with van der Waals surface area (Å²) in [5, 5.41) is 17.8. The zero-order valence-electron chi connectivity index (χ0n) is 13.7. The molecule has 0 bridgehead atoms. The molecule has 2 N–H and O–H groups in total. The van der Waals surface area contributed by atoms with E-state index in [9.17, 15) is 4.79 Å². The standard InChI is InChI=1S/C16H22N6O.ClH/c1-12-19-20-21-22(12)15-4-2-3-14(11-15)18-16(23)6-5-13-7-9-17-10-8-13;/h2-4,11,13,17H,5-10H2,1H3,(H,18,23);1H. The third kappa shape index (κ3) is 4.75. The van der Waals surface area contributed by atoms with E-state index in [2.05, 4.69) is 26.2 Å². The van der Waals surface area contributed by atoms with Crippen molar-refractivity contribution in [2.45, 2.75) is 32.6 Å². The van der Waals surface area contributed by atoms with Gasteiger partial charge >= 0.3 is 0 Å². The topological polar surface area (TPSA) is 84.7 Å². The maximum Gasteiger partial charge on any atom is 0.224 e. The van der Waals surface area contributed by atoms with E-state index in [1.807, 2.05) is 31.2 Å². The zero-order valence-corrected chi connectivity index (χ0v) is 14.6. The maximum absolute atomic E-state index is 12.1. The number of carbonyl (C=O) groups excluding carboxylic acids is 1. The molecule has 8 heteroatoms. The lowest BCUT2D eigenvalue weighted by Crippen LogP contribution is -2.28. The molecular formula is C16H23ClN6O. The summed E-state index contributed by atoms with van der Waals surface area (Å²) in [6.45, 7) is 3.98. The molecule has 0 saturated carbocycles. The molecule has 2 heterocycles. The smallest absolute Gasteiger partial charge is 0.224 e. The van der Waals surface area contributed by atoms with Gasteiger partial charge in [-0.25, -0.2) is 0 Å². The van der Waals surface area contributed by atoms with Crippen molar-refractivity contribution in [2.24, 2.45) is 5.92 Å². The number of nitrogens with one attached hydrogen (secondary N) is 2. The molecule has 130 valence electrons. The summed E-state index contributed by atoms with van der Waals surface area (Å²) >= 11 is 0. The number of piperidine rings is 1. The Morgan fingerprint density at radius 1 is 1.38 bits per heavy atom. The molecule has 2 aromatic rings. The highest BCUT2D eigenvalue weighted by atomic mass is 35.5. The molecule has 1 aromatic heterocycles. The molecule has 0 spiro atoms. The summed E-state index contributed by atoms with van der Waals surface area (Å²) in [5.41, 5.74) is 1.61. The lowest BCUT2D eigenvalue weighted by atomic mass is 9.93. The number of carbonyl (C=O) groups is 1. The third-order valence-electron chi connectivity index (χ3n) is 4.24. The van der Waals surface area contributed by atoms with Crippen molar-refractivity contribution in [3.05, 3.63) is 30.1 Å². The number of hydrogen-bond donors (Lipinski definition) is 2. The maximum atomic E-state index is 12.1. The normalized spacial score (nSPS) is 14.9. The number of aryl methyl sites for hydroxylation is 1. The lowest BCUT2D eigenvalue weighted by Gasteiger charge is -2.22. The number of tetrazole rings is 1. The van der Waals surface area contributed by atoms with Crippen molar-refractivity contribution in [3.63, 3.8) is 0 Å². The van der Waals surface area contributed by atoms with E-state index >= 15 is 0 Å². The highest BCUT2D eigenvalue weighted by Gasteiger charge is 2.14. The summed E-state index contributed by atoms with van der Waals surface area (Å²) in [4.78, 5) is 12.1. The van der Waals surface area contributed by atoms with Crippen LogP contribution in [0, 0.1) is 12.8 Å². The molecule has 7 nitrogen and oxygen atoms in total.